The van der Waals surface area contributed by atoms with Crippen LogP contribution < -0.4 is 0 Å². The third-order valence-electron chi connectivity index (χ3n) is 2.24. The number of rotatable bonds is 6. The maximum atomic E-state index is 2.28. The molecule has 0 radical (unpaired) electrons. The van der Waals surface area contributed by atoms with E-state index in [4.69, 9.17) is 0 Å². The molecule has 0 aromatic carbocycles. The molecule has 0 aliphatic heterocycles. The quantitative estimate of drug-likeness (QED) is 0.517. The van der Waals surface area contributed by atoms with Gasteiger partial charge in [0.05, 0.1) is 0 Å². The maximum Gasteiger partial charge on any atom is -0.0279 e. The van der Waals surface area contributed by atoms with Crippen molar-refractivity contribution in [1.82, 2.24) is 0 Å². The second kappa shape index (κ2) is 8.80. The molecule has 0 amide bonds. The molecule has 0 aliphatic carbocycles. The van der Waals surface area contributed by atoms with Crippen molar-refractivity contribution in [3.05, 3.63) is 35.5 Å². The summed E-state index contributed by atoms with van der Waals surface area (Å²) in [5.41, 5.74) is 2.99. The summed E-state index contributed by atoms with van der Waals surface area (Å²) in [4.78, 5) is 0. The van der Waals surface area contributed by atoms with Crippen LogP contribution in [-0.2, 0) is 0 Å². The van der Waals surface area contributed by atoms with E-state index in [2.05, 4.69) is 52.0 Å². The van der Waals surface area contributed by atoms with Crippen molar-refractivity contribution in [2.75, 3.05) is 0 Å². The van der Waals surface area contributed by atoms with E-state index in [9.17, 15) is 0 Å². The minimum Gasteiger partial charge on any atom is -0.0874 e. The van der Waals surface area contributed by atoms with Crippen LogP contribution in [0.4, 0.5) is 0 Å². The lowest BCUT2D eigenvalue weighted by Crippen LogP contribution is -1.86. The van der Waals surface area contributed by atoms with Crippen LogP contribution in [0.15, 0.2) is 35.5 Å². The van der Waals surface area contributed by atoms with E-state index in [-0.39, 0.29) is 0 Å². The Kier molecular flexibility index (Phi) is 8.31. The van der Waals surface area contributed by atoms with E-state index in [0.717, 1.165) is 12.8 Å². The molecular formula is C14H24. The van der Waals surface area contributed by atoms with Crippen molar-refractivity contribution < 1.29 is 0 Å². The molecule has 0 rings (SSSR count). The first-order valence-corrected chi connectivity index (χ1v) is 5.81. The fourth-order valence-corrected chi connectivity index (χ4v) is 1.53. The first-order valence-electron chi connectivity index (χ1n) is 5.81. The molecule has 0 N–H and O–H groups in total. The lowest BCUT2D eigenvalue weighted by atomic mass is 10.0. The summed E-state index contributed by atoms with van der Waals surface area (Å²) >= 11 is 0. The van der Waals surface area contributed by atoms with Gasteiger partial charge in [0.15, 0.2) is 0 Å². The van der Waals surface area contributed by atoms with Crippen molar-refractivity contribution in [2.24, 2.45) is 0 Å². The summed E-state index contributed by atoms with van der Waals surface area (Å²) < 4.78 is 0. The molecular weight excluding hydrogens is 168 g/mol. The molecule has 0 spiro atoms. The van der Waals surface area contributed by atoms with Gasteiger partial charge in [-0.1, -0.05) is 51.5 Å². The molecule has 0 aromatic rings. The second-order valence-corrected chi connectivity index (χ2v) is 3.46. The van der Waals surface area contributed by atoms with Gasteiger partial charge in [0.25, 0.3) is 0 Å². The van der Waals surface area contributed by atoms with Crippen molar-refractivity contribution in [1.29, 1.82) is 0 Å². The van der Waals surface area contributed by atoms with Crippen LogP contribution >= 0.6 is 0 Å². The van der Waals surface area contributed by atoms with Gasteiger partial charge in [0.1, 0.15) is 0 Å². The minimum absolute atomic E-state index is 1.12. The average molecular weight is 192 g/mol. The highest BCUT2D eigenvalue weighted by Crippen LogP contribution is 2.17. The summed E-state index contributed by atoms with van der Waals surface area (Å²) in [7, 11) is 0. The number of hydrogen-bond acceptors (Lipinski definition) is 0. The van der Waals surface area contributed by atoms with Crippen molar-refractivity contribution in [2.45, 2.75) is 53.4 Å². The van der Waals surface area contributed by atoms with Gasteiger partial charge in [-0.3, -0.25) is 0 Å². The zero-order chi connectivity index (χ0) is 10.8. The van der Waals surface area contributed by atoms with Crippen LogP contribution in [0.1, 0.15) is 53.4 Å². The zero-order valence-electron chi connectivity index (χ0n) is 10.1. The highest BCUT2D eigenvalue weighted by molar-refractivity contribution is 5.32. The van der Waals surface area contributed by atoms with Gasteiger partial charge in [-0.25, -0.2) is 0 Å². The summed E-state index contributed by atoms with van der Waals surface area (Å²) in [6.45, 7) is 8.74. The summed E-state index contributed by atoms with van der Waals surface area (Å²) in [6, 6.07) is 0. The molecule has 0 unspecified atom stereocenters. The maximum absolute atomic E-state index is 2.28. The van der Waals surface area contributed by atoms with E-state index in [1.54, 1.807) is 0 Å². The lowest BCUT2D eigenvalue weighted by Gasteiger charge is -2.06. The standard InChI is InChI=1S/C14H24/c1-5-9-12-13(8-4)14(10-6-2)11-7-3/h6,9-10,12H,5,7-8,11H2,1-4H3/b10-6-,12-9+,14-13+. The minimum atomic E-state index is 1.12. The van der Waals surface area contributed by atoms with Gasteiger partial charge in [0, 0.05) is 0 Å². The van der Waals surface area contributed by atoms with E-state index >= 15 is 0 Å². The molecule has 80 valence electrons. The van der Waals surface area contributed by atoms with Crippen LogP contribution in [-0.4, -0.2) is 0 Å². The Morgan fingerprint density at radius 1 is 1.00 bits per heavy atom. The molecule has 0 heteroatoms. The highest BCUT2D eigenvalue weighted by atomic mass is 14.0. The van der Waals surface area contributed by atoms with Gasteiger partial charge >= 0.3 is 0 Å². The van der Waals surface area contributed by atoms with Crippen molar-refractivity contribution in [3.8, 4) is 0 Å². The Morgan fingerprint density at radius 2 is 1.71 bits per heavy atom. The van der Waals surface area contributed by atoms with Crippen LogP contribution in [0.25, 0.3) is 0 Å². The predicted octanol–water partition coefficient (Wildman–Crippen LogP) is 5.04. The van der Waals surface area contributed by atoms with Gasteiger partial charge in [-0.15, -0.1) is 0 Å². The first kappa shape index (κ1) is 13.2. The Bertz CT molecular complexity index is 216. The zero-order valence-corrected chi connectivity index (χ0v) is 10.1. The van der Waals surface area contributed by atoms with E-state index in [0.29, 0.717) is 0 Å². The van der Waals surface area contributed by atoms with E-state index in [1.165, 1.54) is 24.0 Å². The second-order valence-electron chi connectivity index (χ2n) is 3.46. The molecule has 0 aliphatic rings. The fourth-order valence-electron chi connectivity index (χ4n) is 1.53. The largest absolute Gasteiger partial charge is 0.0874 e. The van der Waals surface area contributed by atoms with Gasteiger partial charge in [-0.05, 0) is 37.3 Å². The van der Waals surface area contributed by atoms with Gasteiger partial charge < -0.3 is 0 Å². The molecule has 14 heavy (non-hydrogen) atoms. The molecule has 0 saturated carbocycles. The Balaban J connectivity index is 4.76. The SMILES string of the molecule is C\C=C/C(CCC)=C(\C=C\CC)CC. The molecule has 0 atom stereocenters. The molecule has 0 nitrogen and oxygen atoms in total. The van der Waals surface area contributed by atoms with Crippen LogP contribution in [0.2, 0.25) is 0 Å². The molecule has 0 saturated heterocycles. The average Bonchev–Trinajstić information content (AvgIpc) is 2.19. The van der Waals surface area contributed by atoms with E-state index in [1.807, 2.05) is 0 Å². The Labute approximate surface area is 89.4 Å². The molecule has 0 heterocycles. The number of allylic oxidation sites excluding steroid dienone is 6. The highest BCUT2D eigenvalue weighted by Gasteiger charge is 1.97. The fraction of sp³-hybridized carbons (Fsp3) is 0.571. The molecule has 0 fully saturated rings. The Hall–Kier alpha value is -0.780. The first-order chi connectivity index (χ1) is 6.79. The van der Waals surface area contributed by atoms with Gasteiger partial charge in [-0.2, -0.15) is 0 Å². The summed E-state index contributed by atoms with van der Waals surface area (Å²) in [5, 5.41) is 0. The van der Waals surface area contributed by atoms with E-state index < -0.39 is 0 Å². The Morgan fingerprint density at radius 3 is 2.14 bits per heavy atom. The van der Waals surface area contributed by atoms with Crippen LogP contribution in [0.5, 0.6) is 0 Å². The lowest BCUT2D eigenvalue weighted by molar-refractivity contribution is 0.905. The van der Waals surface area contributed by atoms with Crippen molar-refractivity contribution >= 4 is 0 Å². The number of hydrogen-bond donors (Lipinski definition) is 0. The van der Waals surface area contributed by atoms with Crippen LogP contribution in [0.3, 0.4) is 0 Å². The van der Waals surface area contributed by atoms with Crippen LogP contribution in [0, 0.1) is 0 Å². The van der Waals surface area contributed by atoms with Gasteiger partial charge in [0.2, 0.25) is 0 Å². The topological polar surface area (TPSA) is 0 Å². The normalized spacial score (nSPS) is 14.0. The third-order valence-corrected chi connectivity index (χ3v) is 2.24. The van der Waals surface area contributed by atoms with Crippen molar-refractivity contribution in [3.63, 3.8) is 0 Å². The monoisotopic (exact) mass is 192 g/mol. The summed E-state index contributed by atoms with van der Waals surface area (Å²) in [6.07, 6.45) is 13.6. The smallest absolute Gasteiger partial charge is 0.0279 e. The molecule has 0 aromatic heterocycles. The predicted molar refractivity (Wildman–Crippen MR) is 66.5 cm³/mol. The summed E-state index contributed by atoms with van der Waals surface area (Å²) in [5.74, 6) is 0. The molecule has 0 bridgehead atoms. The third kappa shape index (κ3) is 5.06.